The second kappa shape index (κ2) is 6.54. The zero-order chi connectivity index (χ0) is 17.1. The van der Waals surface area contributed by atoms with Gasteiger partial charge >= 0.3 is 0 Å². The number of aromatic nitrogens is 2. The lowest BCUT2D eigenvalue weighted by atomic mass is 10.1. The number of carbonyl (C=O) groups excluding carboxylic acids is 2. The van der Waals surface area contributed by atoms with Crippen molar-refractivity contribution >= 4 is 28.8 Å². The second-order valence-corrected chi connectivity index (χ2v) is 5.71. The Bertz CT molecular complexity index is 861. The number of para-hydroxylation sites is 2. The number of fused-ring (bicyclic) bond motifs is 1. The minimum absolute atomic E-state index is 0.122. The molecule has 0 atom stereocenters. The summed E-state index contributed by atoms with van der Waals surface area (Å²) >= 11 is 0. The summed E-state index contributed by atoms with van der Waals surface area (Å²) in [6.45, 7) is 3.74. The number of nitrogens with zero attached hydrogens (tertiary/aromatic N) is 1. The van der Waals surface area contributed by atoms with Crippen LogP contribution in [0.4, 0.5) is 5.95 Å². The average molecular weight is 322 g/mol. The highest BCUT2D eigenvalue weighted by molar-refractivity contribution is 5.99. The molecule has 2 amide bonds. The van der Waals surface area contributed by atoms with E-state index in [4.69, 9.17) is 0 Å². The highest BCUT2D eigenvalue weighted by Crippen LogP contribution is 2.13. The zero-order valence-electron chi connectivity index (χ0n) is 13.5. The van der Waals surface area contributed by atoms with Crippen LogP contribution in [-0.4, -0.2) is 28.3 Å². The summed E-state index contributed by atoms with van der Waals surface area (Å²) in [7, 11) is 0. The Morgan fingerprint density at radius 2 is 1.79 bits per heavy atom. The maximum absolute atomic E-state index is 12.1. The molecule has 0 spiro atoms. The standard InChI is InChI=1S/C18H18N4O2/c1-11-7-12(2)9-13(8-11)17(24)19-10-16(23)22-18-20-14-5-3-4-6-15(14)21-18/h3-9H,10H2,1-2H3,(H,19,24)(H2,20,21,22,23). The van der Waals surface area contributed by atoms with Gasteiger partial charge in [-0.05, 0) is 38.1 Å². The Kier molecular flexibility index (Phi) is 4.29. The number of carbonyl (C=O) groups is 2. The van der Waals surface area contributed by atoms with Crippen LogP contribution in [0.5, 0.6) is 0 Å². The van der Waals surface area contributed by atoms with Crippen LogP contribution in [0.2, 0.25) is 0 Å². The number of hydrogen-bond acceptors (Lipinski definition) is 3. The highest BCUT2D eigenvalue weighted by Gasteiger charge is 2.10. The molecule has 0 saturated heterocycles. The van der Waals surface area contributed by atoms with Gasteiger partial charge < -0.3 is 10.3 Å². The number of imidazole rings is 1. The summed E-state index contributed by atoms with van der Waals surface area (Å²) < 4.78 is 0. The number of amides is 2. The third-order valence-electron chi connectivity index (χ3n) is 3.54. The minimum Gasteiger partial charge on any atom is -0.343 e. The molecule has 6 nitrogen and oxygen atoms in total. The van der Waals surface area contributed by atoms with Crippen LogP contribution in [-0.2, 0) is 4.79 Å². The van der Waals surface area contributed by atoms with E-state index in [1.165, 1.54) is 0 Å². The number of aryl methyl sites for hydroxylation is 2. The monoisotopic (exact) mass is 322 g/mol. The van der Waals surface area contributed by atoms with Crippen molar-refractivity contribution in [3.8, 4) is 0 Å². The predicted octanol–water partition coefficient (Wildman–Crippen LogP) is 2.55. The first kappa shape index (κ1) is 15.7. The van der Waals surface area contributed by atoms with Gasteiger partial charge in [0.15, 0.2) is 0 Å². The van der Waals surface area contributed by atoms with E-state index in [9.17, 15) is 9.59 Å². The number of H-pyrrole nitrogens is 1. The average Bonchev–Trinajstić information content (AvgIpc) is 2.93. The molecule has 0 unspecified atom stereocenters. The SMILES string of the molecule is Cc1cc(C)cc(C(=O)NCC(=O)Nc2nc3ccccc3[nH]2)c1. The van der Waals surface area contributed by atoms with Crippen LogP contribution in [0, 0.1) is 13.8 Å². The number of rotatable bonds is 4. The van der Waals surface area contributed by atoms with Crippen LogP contribution >= 0.6 is 0 Å². The molecule has 3 N–H and O–H groups in total. The molecule has 24 heavy (non-hydrogen) atoms. The normalized spacial score (nSPS) is 10.6. The summed E-state index contributed by atoms with van der Waals surface area (Å²) in [5.74, 6) is -0.254. The van der Waals surface area contributed by atoms with Crippen molar-refractivity contribution in [3.63, 3.8) is 0 Å². The fourth-order valence-corrected chi connectivity index (χ4v) is 2.56. The lowest BCUT2D eigenvalue weighted by Gasteiger charge is -2.07. The highest BCUT2D eigenvalue weighted by atomic mass is 16.2. The molecule has 0 radical (unpaired) electrons. The first-order valence-electron chi connectivity index (χ1n) is 7.62. The molecule has 1 heterocycles. The number of nitrogens with one attached hydrogen (secondary N) is 3. The van der Waals surface area contributed by atoms with E-state index >= 15 is 0 Å². The van der Waals surface area contributed by atoms with Crippen LogP contribution in [0.3, 0.4) is 0 Å². The molecular weight excluding hydrogens is 304 g/mol. The molecular formula is C18H18N4O2. The quantitative estimate of drug-likeness (QED) is 0.690. The van der Waals surface area contributed by atoms with E-state index in [1.807, 2.05) is 44.2 Å². The van der Waals surface area contributed by atoms with Crippen molar-refractivity contribution < 1.29 is 9.59 Å². The smallest absolute Gasteiger partial charge is 0.251 e. The van der Waals surface area contributed by atoms with Crippen molar-refractivity contribution in [1.29, 1.82) is 0 Å². The topological polar surface area (TPSA) is 86.9 Å². The summed E-state index contributed by atoms with van der Waals surface area (Å²) in [6, 6.07) is 13.1. The van der Waals surface area contributed by atoms with Gasteiger partial charge in [-0.15, -0.1) is 0 Å². The summed E-state index contributed by atoms with van der Waals surface area (Å²) in [5.41, 5.74) is 4.17. The van der Waals surface area contributed by atoms with E-state index in [-0.39, 0.29) is 18.4 Å². The number of anilines is 1. The molecule has 1 aromatic heterocycles. The van der Waals surface area contributed by atoms with E-state index in [1.54, 1.807) is 12.1 Å². The van der Waals surface area contributed by atoms with E-state index < -0.39 is 0 Å². The zero-order valence-corrected chi connectivity index (χ0v) is 13.5. The Labute approximate surface area is 139 Å². The third kappa shape index (κ3) is 3.60. The molecule has 0 bridgehead atoms. The number of benzene rings is 2. The van der Waals surface area contributed by atoms with Gasteiger partial charge in [0.25, 0.3) is 5.91 Å². The summed E-state index contributed by atoms with van der Waals surface area (Å²) in [6.07, 6.45) is 0. The van der Waals surface area contributed by atoms with Gasteiger partial charge in [0, 0.05) is 5.56 Å². The molecule has 2 aromatic carbocycles. The van der Waals surface area contributed by atoms with Crippen molar-refractivity contribution in [2.45, 2.75) is 13.8 Å². The van der Waals surface area contributed by atoms with Crippen molar-refractivity contribution in [1.82, 2.24) is 15.3 Å². The number of aromatic amines is 1. The fourth-order valence-electron chi connectivity index (χ4n) is 2.56. The number of hydrogen-bond donors (Lipinski definition) is 3. The Morgan fingerprint density at radius 3 is 2.50 bits per heavy atom. The maximum Gasteiger partial charge on any atom is 0.251 e. The molecule has 122 valence electrons. The summed E-state index contributed by atoms with van der Waals surface area (Å²) in [4.78, 5) is 31.4. The van der Waals surface area contributed by atoms with Gasteiger partial charge in [-0.25, -0.2) is 4.98 Å². The third-order valence-corrected chi connectivity index (χ3v) is 3.54. The Morgan fingerprint density at radius 1 is 1.08 bits per heavy atom. The largest absolute Gasteiger partial charge is 0.343 e. The molecule has 0 aliphatic heterocycles. The molecule has 0 saturated carbocycles. The predicted molar refractivity (Wildman–Crippen MR) is 93.0 cm³/mol. The lowest BCUT2D eigenvalue weighted by Crippen LogP contribution is -2.33. The minimum atomic E-state index is -0.341. The van der Waals surface area contributed by atoms with Crippen LogP contribution in [0.25, 0.3) is 11.0 Å². The maximum atomic E-state index is 12.1. The first-order chi connectivity index (χ1) is 11.5. The fraction of sp³-hybridized carbons (Fsp3) is 0.167. The van der Waals surface area contributed by atoms with Gasteiger partial charge in [0.2, 0.25) is 11.9 Å². The molecule has 0 aliphatic rings. The van der Waals surface area contributed by atoms with E-state index in [0.717, 1.165) is 22.2 Å². The lowest BCUT2D eigenvalue weighted by molar-refractivity contribution is -0.115. The van der Waals surface area contributed by atoms with Gasteiger partial charge in [-0.3, -0.25) is 14.9 Å². The molecule has 3 aromatic rings. The molecule has 3 rings (SSSR count). The van der Waals surface area contributed by atoms with Gasteiger partial charge in [-0.1, -0.05) is 29.3 Å². The van der Waals surface area contributed by atoms with Crippen molar-refractivity contribution in [3.05, 3.63) is 59.2 Å². The Hall–Kier alpha value is -3.15. The van der Waals surface area contributed by atoms with Crippen LogP contribution in [0.1, 0.15) is 21.5 Å². The van der Waals surface area contributed by atoms with Gasteiger partial charge in [-0.2, -0.15) is 0 Å². The molecule has 0 aliphatic carbocycles. The summed E-state index contributed by atoms with van der Waals surface area (Å²) in [5, 5.41) is 5.26. The van der Waals surface area contributed by atoms with Crippen LogP contribution in [0.15, 0.2) is 42.5 Å². The first-order valence-corrected chi connectivity index (χ1v) is 7.62. The van der Waals surface area contributed by atoms with Crippen molar-refractivity contribution in [2.75, 3.05) is 11.9 Å². The van der Waals surface area contributed by atoms with Gasteiger partial charge in [0.05, 0.1) is 17.6 Å². The van der Waals surface area contributed by atoms with E-state index in [2.05, 4.69) is 20.6 Å². The second-order valence-electron chi connectivity index (χ2n) is 5.71. The van der Waals surface area contributed by atoms with E-state index in [0.29, 0.717) is 11.5 Å². The molecule has 6 heteroatoms. The molecule has 0 fully saturated rings. The van der Waals surface area contributed by atoms with Crippen molar-refractivity contribution in [2.24, 2.45) is 0 Å². The van der Waals surface area contributed by atoms with Gasteiger partial charge in [0.1, 0.15) is 0 Å². The van der Waals surface area contributed by atoms with Crippen LogP contribution < -0.4 is 10.6 Å². The Balaban J connectivity index is 1.59.